The smallest absolute Gasteiger partial charge is 0.0322 e. The predicted molar refractivity (Wildman–Crippen MR) is 80.0 cm³/mol. The largest absolute Gasteiger partial charge is 0.399 e. The number of aryl methyl sites for hydroxylation is 3. The van der Waals surface area contributed by atoms with Crippen LogP contribution in [0, 0.1) is 34.6 Å². The van der Waals surface area contributed by atoms with Crippen LogP contribution in [-0.4, -0.2) is 0 Å². The van der Waals surface area contributed by atoms with E-state index in [1.54, 1.807) is 0 Å². The van der Waals surface area contributed by atoms with Crippen LogP contribution in [0.4, 0.5) is 5.69 Å². The first kappa shape index (κ1) is 12.7. The lowest BCUT2D eigenvalue weighted by atomic mass is 9.89. The molecule has 0 aliphatic carbocycles. The molecule has 0 saturated carbocycles. The van der Waals surface area contributed by atoms with Gasteiger partial charge in [-0.3, -0.25) is 0 Å². The lowest BCUT2D eigenvalue weighted by Gasteiger charge is -2.16. The number of hydrogen-bond donors (Lipinski definition) is 1. The Labute approximate surface area is 110 Å². The number of anilines is 1. The van der Waals surface area contributed by atoms with Gasteiger partial charge < -0.3 is 5.73 Å². The Morgan fingerprint density at radius 2 is 1.28 bits per heavy atom. The van der Waals surface area contributed by atoms with Crippen molar-refractivity contribution in [2.24, 2.45) is 0 Å². The van der Waals surface area contributed by atoms with Crippen molar-refractivity contribution >= 4 is 5.69 Å². The fourth-order valence-electron chi connectivity index (χ4n) is 2.61. The van der Waals surface area contributed by atoms with E-state index in [1.165, 1.54) is 38.9 Å². The molecule has 2 aromatic rings. The van der Waals surface area contributed by atoms with Gasteiger partial charge in [-0.2, -0.15) is 0 Å². The molecule has 0 amide bonds. The summed E-state index contributed by atoms with van der Waals surface area (Å²) in [6.45, 7) is 10.8. The first-order chi connectivity index (χ1) is 8.40. The molecule has 0 unspecified atom stereocenters. The van der Waals surface area contributed by atoms with Crippen molar-refractivity contribution in [3.63, 3.8) is 0 Å². The summed E-state index contributed by atoms with van der Waals surface area (Å²) in [5, 5.41) is 0. The lowest BCUT2D eigenvalue weighted by molar-refractivity contribution is 1.24. The van der Waals surface area contributed by atoms with E-state index < -0.39 is 0 Å². The molecule has 1 heteroatoms. The van der Waals surface area contributed by atoms with Gasteiger partial charge in [-0.15, -0.1) is 0 Å². The third-order valence-corrected chi connectivity index (χ3v) is 3.75. The van der Waals surface area contributed by atoms with E-state index in [-0.39, 0.29) is 0 Å². The SMILES string of the molecule is Cc1cc(N)cc(-c2c(C)c(C)cc(C)c2C)c1. The second-order valence-corrected chi connectivity index (χ2v) is 5.27. The van der Waals surface area contributed by atoms with Gasteiger partial charge in [0.15, 0.2) is 0 Å². The van der Waals surface area contributed by atoms with Crippen LogP contribution >= 0.6 is 0 Å². The average molecular weight is 239 g/mol. The molecule has 0 atom stereocenters. The van der Waals surface area contributed by atoms with Crippen LogP contribution < -0.4 is 5.73 Å². The first-order valence-corrected chi connectivity index (χ1v) is 6.35. The molecule has 2 aromatic carbocycles. The standard InChI is InChI=1S/C17H21N/c1-10-6-15(9-16(18)7-10)17-13(4)11(2)8-12(3)14(17)5/h6-9H,18H2,1-5H3. The summed E-state index contributed by atoms with van der Waals surface area (Å²) in [5.74, 6) is 0. The van der Waals surface area contributed by atoms with Crippen LogP contribution in [0.2, 0.25) is 0 Å². The summed E-state index contributed by atoms with van der Waals surface area (Å²) in [6, 6.07) is 8.55. The van der Waals surface area contributed by atoms with Crippen LogP contribution in [0.1, 0.15) is 27.8 Å². The minimum absolute atomic E-state index is 0.836. The summed E-state index contributed by atoms with van der Waals surface area (Å²) >= 11 is 0. The van der Waals surface area contributed by atoms with Crippen LogP contribution in [-0.2, 0) is 0 Å². The van der Waals surface area contributed by atoms with Crippen molar-refractivity contribution in [3.05, 3.63) is 52.1 Å². The highest BCUT2D eigenvalue weighted by atomic mass is 14.5. The summed E-state index contributed by atoms with van der Waals surface area (Å²) in [5.41, 5.74) is 16.0. The number of nitrogens with two attached hydrogens (primary N) is 1. The van der Waals surface area contributed by atoms with Crippen LogP contribution in [0.3, 0.4) is 0 Å². The fraction of sp³-hybridized carbons (Fsp3) is 0.294. The summed E-state index contributed by atoms with van der Waals surface area (Å²) in [7, 11) is 0. The van der Waals surface area contributed by atoms with Crippen LogP contribution in [0.25, 0.3) is 11.1 Å². The van der Waals surface area contributed by atoms with Gasteiger partial charge in [-0.05, 0) is 85.7 Å². The minimum Gasteiger partial charge on any atom is -0.399 e. The third-order valence-electron chi connectivity index (χ3n) is 3.75. The number of benzene rings is 2. The first-order valence-electron chi connectivity index (χ1n) is 6.35. The fourth-order valence-corrected chi connectivity index (χ4v) is 2.61. The van der Waals surface area contributed by atoms with Crippen molar-refractivity contribution in [1.82, 2.24) is 0 Å². The van der Waals surface area contributed by atoms with Gasteiger partial charge >= 0.3 is 0 Å². The maximum absolute atomic E-state index is 5.97. The Morgan fingerprint density at radius 3 is 1.78 bits per heavy atom. The lowest BCUT2D eigenvalue weighted by Crippen LogP contribution is -1.96. The second-order valence-electron chi connectivity index (χ2n) is 5.27. The van der Waals surface area contributed by atoms with E-state index in [1.807, 2.05) is 6.07 Å². The Morgan fingerprint density at radius 1 is 0.722 bits per heavy atom. The van der Waals surface area contributed by atoms with Crippen molar-refractivity contribution in [2.45, 2.75) is 34.6 Å². The van der Waals surface area contributed by atoms with Gasteiger partial charge in [0.1, 0.15) is 0 Å². The summed E-state index contributed by atoms with van der Waals surface area (Å²) in [6.07, 6.45) is 0. The van der Waals surface area contributed by atoms with Crippen molar-refractivity contribution in [2.75, 3.05) is 5.73 Å². The maximum Gasteiger partial charge on any atom is 0.0322 e. The minimum atomic E-state index is 0.836. The molecule has 0 radical (unpaired) electrons. The molecule has 18 heavy (non-hydrogen) atoms. The molecule has 0 spiro atoms. The maximum atomic E-state index is 5.97. The topological polar surface area (TPSA) is 26.0 Å². The quantitative estimate of drug-likeness (QED) is 0.730. The van der Waals surface area contributed by atoms with E-state index in [9.17, 15) is 0 Å². The molecule has 2 N–H and O–H groups in total. The van der Waals surface area contributed by atoms with Gasteiger partial charge in [0.05, 0.1) is 0 Å². The number of hydrogen-bond acceptors (Lipinski definition) is 1. The highest BCUT2D eigenvalue weighted by Crippen LogP contribution is 2.33. The highest BCUT2D eigenvalue weighted by molar-refractivity contribution is 5.76. The van der Waals surface area contributed by atoms with Gasteiger partial charge in [-0.25, -0.2) is 0 Å². The molecule has 1 nitrogen and oxygen atoms in total. The molecule has 0 aromatic heterocycles. The molecule has 0 heterocycles. The number of rotatable bonds is 1. The van der Waals surface area contributed by atoms with E-state index >= 15 is 0 Å². The predicted octanol–water partition coefficient (Wildman–Crippen LogP) is 4.48. The van der Waals surface area contributed by atoms with Gasteiger partial charge in [0, 0.05) is 5.69 Å². The molecular weight excluding hydrogens is 218 g/mol. The Balaban J connectivity index is 2.78. The zero-order valence-electron chi connectivity index (χ0n) is 11.9. The Hall–Kier alpha value is -1.76. The zero-order chi connectivity index (χ0) is 13.4. The normalized spacial score (nSPS) is 10.7. The molecule has 0 fully saturated rings. The summed E-state index contributed by atoms with van der Waals surface area (Å²) < 4.78 is 0. The zero-order valence-corrected chi connectivity index (χ0v) is 11.9. The molecule has 0 aliphatic rings. The van der Waals surface area contributed by atoms with Crippen LogP contribution in [0.15, 0.2) is 24.3 Å². The molecule has 0 bridgehead atoms. The van der Waals surface area contributed by atoms with E-state index in [0.29, 0.717) is 0 Å². The van der Waals surface area contributed by atoms with E-state index in [4.69, 9.17) is 5.73 Å². The Kier molecular flexibility index (Phi) is 3.16. The second kappa shape index (κ2) is 4.49. The van der Waals surface area contributed by atoms with Crippen molar-refractivity contribution in [3.8, 4) is 11.1 Å². The van der Waals surface area contributed by atoms with E-state index in [2.05, 4.69) is 52.8 Å². The van der Waals surface area contributed by atoms with Crippen molar-refractivity contribution in [1.29, 1.82) is 0 Å². The molecule has 0 saturated heterocycles. The van der Waals surface area contributed by atoms with Gasteiger partial charge in [-0.1, -0.05) is 12.1 Å². The monoisotopic (exact) mass is 239 g/mol. The average Bonchev–Trinajstić information content (AvgIpc) is 2.25. The molecular formula is C17H21N. The van der Waals surface area contributed by atoms with Crippen LogP contribution in [0.5, 0.6) is 0 Å². The van der Waals surface area contributed by atoms with E-state index in [0.717, 1.165) is 5.69 Å². The van der Waals surface area contributed by atoms with Gasteiger partial charge in [0.2, 0.25) is 0 Å². The molecule has 94 valence electrons. The third kappa shape index (κ3) is 2.13. The number of nitrogen functional groups attached to an aromatic ring is 1. The Bertz CT molecular complexity index is 563. The molecule has 0 aliphatic heterocycles. The molecule has 2 rings (SSSR count). The van der Waals surface area contributed by atoms with Crippen molar-refractivity contribution < 1.29 is 0 Å². The summed E-state index contributed by atoms with van der Waals surface area (Å²) in [4.78, 5) is 0. The van der Waals surface area contributed by atoms with Gasteiger partial charge in [0.25, 0.3) is 0 Å². The highest BCUT2D eigenvalue weighted by Gasteiger charge is 2.11.